The molecular weight excluding hydrogens is 608 g/mol. The molecule has 1 heterocycles. The molecule has 4 unspecified atom stereocenters. The van der Waals surface area contributed by atoms with Crippen LogP contribution in [0.25, 0.3) is 0 Å². The highest BCUT2D eigenvalue weighted by atomic mass is 35.5. The van der Waals surface area contributed by atoms with E-state index in [0.29, 0.717) is 18.5 Å². The van der Waals surface area contributed by atoms with Crippen LogP contribution < -0.4 is 11.1 Å². The van der Waals surface area contributed by atoms with Crippen LogP contribution in [0.5, 0.6) is 0 Å². The second-order valence-corrected chi connectivity index (χ2v) is 15.2. The van der Waals surface area contributed by atoms with Crippen molar-refractivity contribution in [2.24, 2.45) is 40.2 Å². The lowest BCUT2D eigenvalue weighted by Crippen LogP contribution is -2.55. The number of nitrogens with two attached hydrogens (primary N) is 1. The topological polar surface area (TPSA) is 147 Å². The normalized spacial score (nSPS) is 23.2. The number of rotatable bonds is 14. The van der Waals surface area contributed by atoms with Crippen LogP contribution in [0.15, 0.2) is 30.3 Å². The van der Waals surface area contributed by atoms with Gasteiger partial charge in [0.15, 0.2) is 11.6 Å². The average Bonchev–Trinajstić information content (AvgIpc) is 3.84. The summed E-state index contributed by atoms with van der Waals surface area (Å²) < 4.78 is 0. The van der Waals surface area contributed by atoms with Crippen LogP contribution >= 0.6 is 12.4 Å². The van der Waals surface area contributed by atoms with E-state index < -0.39 is 46.9 Å². The molecule has 1 aromatic carbocycles. The first kappa shape index (κ1) is 37.3. The number of likely N-dealkylation sites (tertiary alicyclic amines) is 1. The number of likely N-dealkylation sites (N-methyl/N-ethyl adjacent to an activating group) is 1. The van der Waals surface area contributed by atoms with Gasteiger partial charge < -0.3 is 20.9 Å². The van der Waals surface area contributed by atoms with E-state index in [9.17, 15) is 28.8 Å². The minimum absolute atomic E-state index is 0. The molecular formula is C35H51ClN4O6. The quantitative estimate of drug-likeness (QED) is 0.291. The van der Waals surface area contributed by atoms with Crippen molar-refractivity contribution in [3.8, 4) is 0 Å². The molecule has 11 heteroatoms. The molecule has 0 aromatic heterocycles. The van der Waals surface area contributed by atoms with E-state index in [1.54, 1.807) is 43.3 Å². The first-order valence-corrected chi connectivity index (χ1v) is 16.2. The van der Waals surface area contributed by atoms with E-state index in [1.807, 2.05) is 26.8 Å². The molecule has 3 N–H and O–H groups in total. The fourth-order valence-electron chi connectivity index (χ4n) is 6.84. The molecule has 6 atom stereocenters. The van der Waals surface area contributed by atoms with Crippen molar-refractivity contribution >= 4 is 47.5 Å². The van der Waals surface area contributed by atoms with Crippen molar-refractivity contribution in [2.45, 2.75) is 91.3 Å². The second kappa shape index (κ2) is 14.3. The first-order chi connectivity index (χ1) is 20.9. The van der Waals surface area contributed by atoms with Crippen LogP contribution in [-0.4, -0.2) is 77.6 Å². The Balaban J connectivity index is 0.00000576. The van der Waals surface area contributed by atoms with Gasteiger partial charge in [-0.15, -0.1) is 12.4 Å². The lowest BCUT2D eigenvalue weighted by atomic mass is 9.84. The van der Waals surface area contributed by atoms with Crippen molar-refractivity contribution in [3.05, 3.63) is 35.9 Å². The number of carbonyl (C=O) groups is 6. The smallest absolute Gasteiger partial charge is 0.249 e. The number of benzene rings is 1. The molecule has 2 saturated carbocycles. The van der Waals surface area contributed by atoms with Crippen molar-refractivity contribution < 1.29 is 28.8 Å². The number of halogens is 1. The molecule has 3 aliphatic rings. The number of ketones is 3. The molecule has 0 spiro atoms. The summed E-state index contributed by atoms with van der Waals surface area (Å²) in [6.45, 7) is 10.3. The number of fused-ring (bicyclic) bond motifs is 1. The molecule has 46 heavy (non-hydrogen) atoms. The van der Waals surface area contributed by atoms with Gasteiger partial charge >= 0.3 is 0 Å². The third-order valence-corrected chi connectivity index (χ3v) is 10.1. The Morgan fingerprint density at radius 3 is 2.17 bits per heavy atom. The molecule has 1 aliphatic heterocycles. The number of Topliss-reactive ketones (excluding diaryl/α,β-unsaturated/α-hetero) is 3. The Morgan fingerprint density at radius 2 is 1.63 bits per heavy atom. The van der Waals surface area contributed by atoms with Gasteiger partial charge in [0, 0.05) is 45.8 Å². The van der Waals surface area contributed by atoms with Crippen LogP contribution in [-0.2, 0) is 28.8 Å². The molecule has 254 valence electrons. The van der Waals surface area contributed by atoms with Crippen LogP contribution in [0.2, 0.25) is 0 Å². The van der Waals surface area contributed by atoms with E-state index in [2.05, 4.69) is 19.2 Å². The fraction of sp³-hybridized carbons (Fsp3) is 0.657. The summed E-state index contributed by atoms with van der Waals surface area (Å²) >= 11 is 0. The Bertz CT molecular complexity index is 1340. The minimum Gasteiger partial charge on any atom is -0.347 e. The Hall–Kier alpha value is -3.11. The van der Waals surface area contributed by atoms with Gasteiger partial charge in [0.05, 0.1) is 12.1 Å². The maximum Gasteiger partial charge on any atom is 0.249 e. The molecule has 4 rings (SSSR count). The third kappa shape index (κ3) is 8.23. The molecule has 3 fully saturated rings. The molecule has 10 nitrogen and oxygen atoms in total. The molecule has 0 radical (unpaired) electrons. The van der Waals surface area contributed by atoms with Crippen molar-refractivity contribution in [3.63, 3.8) is 0 Å². The highest BCUT2D eigenvalue weighted by Crippen LogP contribution is 2.65. The summed E-state index contributed by atoms with van der Waals surface area (Å²) in [6, 6.07) is 6.48. The van der Waals surface area contributed by atoms with Crippen LogP contribution in [0.1, 0.15) is 84.7 Å². The van der Waals surface area contributed by atoms with Gasteiger partial charge in [0.25, 0.3) is 0 Å². The molecule has 2 aliphatic carbocycles. The average molecular weight is 659 g/mol. The second-order valence-electron chi connectivity index (χ2n) is 15.2. The maximum atomic E-state index is 13.9. The van der Waals surface area contributed by atoms with E-state index in [4.69, 9.17) is 5.73 Å². The SMILES string of the molecule is CN(C)C(=O)[C@@H](NC(=O)CCC(=O)C(=O)C(CC(=O)C1[C@@H]2C(CN1C(=O)C(N)C(C)(C)C)C2(C)C)CC1CC1)c1ccccc1.Cl. The number of hydrogen-bond donors (Lipinski definition) is 2. The highest BCUT2D eigenvalue weighted by Gasteiger charge is 2.69. The zero-order chi connectivity index (χ0) is 33.4. The third-order valence-electron chi connectivity index (χ3n) is 10.1. The largest absolute Gasteiger partial charge is 0.347 e. The van der Waals surface area contributed by atoms with E-state index >= 15 is 0 Å². The van der Waals surface area contributed by atoms with Crippen molar-refractivity contribution in [1.82, 2.24) is 15.1 Å². The van der Waals surface area contributed by atoms with Gasteiger partial charge in [-0.05, 0) is 40.6 Å². The molecule has 0 bridgehead atoms. The van der Waals surface area contributed by atoms with Crippen LogP contribution in [0.3, 0.4) is 0 Å². The van der Waals surface area contributed by atoms with Gasteiger partial charge in [0.1, 0.15) is 6.04 Å². The number of carbonyl (C=O) groups excluding carboxylic acids is 6. The predicted molar refractivity (Wildman–Crippen MR) is 177 cm³/mol. The van der Waals surface area contributed by atoms with Gasteiger partial charge in [-0.1, -0.05) is 77.8 Å². The van der Waals surface area contributed by atoms with Gasteiger partial charge in [0.2, 0.25) is 23.5 Å². The molecule has 1 aromatic rings. The Morgan fingerprint density at radius 1 is 1.02 bits per heavy atom. The lowest BCUT2D eigenvalue weighted by Gasteiger charge is -2.36. The van der Waals surface area contributed by atoms with Gasteiger partial charge in [-0.3, -0.25) is 28.8 Å². The number of amides is 3. The summed E-state index contributed by atoms with van der Waals surface area (Å²) in [5.41, 5.74) is 6.37. The fourth-order valence-corrected chi connectivity index (χ4v) is 6.84. The Labute approximate surface area is 279 Å². The van der Waals surface area contributed by atoms with Crippen molar-refractivity contribution in [1.29, 1.82) is 0 Å². The van der Waals surface area contributed by atoms with Crippen molar-refractivity contribution in [2.75, 3.05) is 20.6 Å². The maximum absolute atomic E-state index is 13.9. The van der Waals surface area contributed by atoms with Gasteiger partial charge in [-0.2, -0.15) is 0 Å². The summed E-state index contributed by atoms with van der Waals surface area (Å²) in [4.78, 5) is 82.7. The summed E-state index contributed by atoms with van der Waals surface area (Å²) in [6.07, 6.45) is 1.65. The number of piperidine rings is 1. The summed E-state index contributed by atoms with van der Waals surface area (Å²) in [7, 11) is 3.19. The van der Waals surface area contributed by atoms with E-state index in [-0.39, 0.29) is 72.4 Å². The number of hydrogen-bond acceptors (Lipinski definition) is 7. The lowest BCUT2D eigenvalue weighted by molar-refractivity contribution is -0.144. The summed E-state index contributed by atoms with van der Waals surface area (Å²) in [5.74, 6) is -2.93. The van der Waals surface area contributed by atoms with Crippen LogP contribution in [0, 0.1) is 34.5 Å². The van der Waals surface area contributed by atoms with Gasteiger partial charge in [-0.25, -0.2) is 0 Å². The van der Waals surface area contributed by atoms with Crippen LogP contribution in [0.4, 0.5) is 0 Å². The summed E-state index contributed by atoms with van der Waals surface area (Å²) in [5, 5.41) is 2.71. The number of nitrogens with one attached hydrogen (secondary N) is 1. The zero-order valence-corrected chi connectivity index (χ0v) is 29.0. The predicted octanol–water partition coefficient (Wildman–Crippen LogP) is 3.50. The highest BCUT2D eigenvalue weighted by molar-refractivity contribution is 6.38. The minimum atomic E-state index is -0.918. The monoisotopic (exact) mass is 658 g/mol. The zero-order valence-electron chi connectivity index (χ0n) is 28.2. The Kier molecular flexibility index (Phi) is 11.6. The van der Waals surface area contributed by atoms with E-state index in [0.717, 1.165) is 12.8 Å². The molecule has 3 amide bonds. The standard InChI is InChI=1S/C35H50N4O6.ClH/c1-34(2,3)31(36)33(45)39-19-23-27(35(23,4)5)29(39)25(41)18-22(17-20-13-14-20)30(43)24(40)15-16-26(42)37-28(32(44)38(6)7)21-11-9-8-10-12-21;/h8-12,20,22-23,27-29,31H,13-19,36H2,1-7H3,(H,37,42);1H/t22?,23?,27-,28-,29?,31?;/m0./s1. The first-order valence-electron chi connectivity index (χ1n) is 16.2. The molecule has 1 saturated heterocycles. The number of nitrogens with zero attached hydrogens (tertiary/aromatic N) is 2. The van der Waals surface area contributed by atoms with E-state index in [1.165, 1.54) is 4.90 Å².